The van der Waals surface area contributed by atoms with Crippen LogP contribution < -0.4 is 0 Å². The van der Waals surface area contributed by atoms with Gasteiger partial charge in [-0.15, -0.1) is 0 Å². The first-order chi connectivity index (χ1) is 9.82. The lowest BCUT2D eigenvalue weighted by molar-refractivity contribution is -0.138. The molecule has 1 unspecified atom stereocenters. The van der Waals surface area contributed by atoms with Gasteiger partial charge >= 0.3 is 6.18 Å². The maximum absolute atomic E-state index is 12.9. The molecule has 0 spiro atoms. The van der Waals surface area contributed by atoms with Gasteiger partial charge in [-0.2, -0.15) is 13.2 Å². The van der Waals surface area contributed by atoms with Crippen LogP contribution in [0.15, 0.2) is 22.7 Å². The first-order valence-corrected chi connectivity index (χ1v) is 7.39. The fraction of sp³-hybridized carbons (Fsp3) is 0.500. The summed E-state index contributed by atoms with van der Waals surface area (Å²) in [6.07, 6.45) is -2.93. The van der Waals surface area contributed by atoms with Crippen LogP contribution in [0.3, 0.4) is 0 Å². The Kier molecular flexibility index (Phi) is 4.93. The van der Waals surface area contributed by atoms with Crippen LogP contribution in [0.4, 0.5) is 13.2 Å². The SMILES string of the molecule is O=C(c1ccc(Br)c(C(F)(F)F)c1)N1CCCC(CO)C1. The van der Waals surface area contributed by atoms with E-state index in [4.69, 9.17) is 5.11 Å². The Bertz CT molecular complexity index is 533. The second kappa shape index (κ2) is 6.36. The maximum atomic E-state index is 12.9. The lowest BCUT2D eigenvalue weighted by Crippen LogP contribution is -2.41. The standard InChI is InChI=1S/C14H15BrF3NO2/c15-12-4-3-10(6-11(12)14(16,17)18)13(21)19-5-1-2-9(7-19)8-20/h3-4,6,9,20H,1-2,5,7-8H2. The first kappa shape index (κ1) is 16.3. The summed E-state index contributed by atoms with van der Waals surface area (Å²) in [5.74, 6) is -0.425. The van der Waals surface area contributed by atoms with Crippen molar-refractivity contribution in [2.75, 3.05) is 19.7 Å². The minimum Gasteiger partial charge on any atom is -0.396 e. The second-order valence-electron chi connectivity index (χ2n) is 5.13. The number of amides is 1. The fourth-order valence-corrected chi connectivity index (χ4v) is 2.93. The highest BCUT2D eigenvalue weighted by molar-refractivity contribution is 9.10. The number of rotatable bonds is 2. The van der Waals surface area contributed by atoms with Crippen LogP contribution >= 0.6 is 15.9 Å². The third-order valence-electron chi connectivity index (χ3n) is 3.58. The van der Waals surface area contributed by atoms with Crippen molar-refractivity contribution < 1.29 is 23.1 Å². The highest BCUT2D eigenvalue weighted by Crippen LogP contribution is 2.35. The average Bonchev–Trinajstić information content (AvgIpc) is 2.46. The third-order valence-corrected chi connectivity index (χ3v) is 4.27. The van der Waals surface area contributed by atoms with Crippen molar-refractivity contribution in [1.82, 2.24) is 4.90 Å². The van der Waals surface area contributed by atoms with Crippen LogP contribution in [-0.4, -0.2) is 35.6 Å². The molecule has 1 atom stereocenters. The van der Waals surface area contributed by atoms with Crippen LogP contribution in [-0.2, 0) is 6.18 Å². The molecule has 3 nitrogen and oxygen atoms in total. The number of carbonyl (C=O) groups excluding carboxylic acids is 1. The number of aliphatic hydroxyl groups is 1. The molecule has 1 amide bonds. The molecule has 1 aliphatic rings. The zero-order chi connectivity index (χ0) is 15.6. The number of nitrogens with zero attached hydrogens (tertiary/aromatic N) is 1. The zero-order valence-corrected chi connectivity index (χ0v) is 12.7. The van der Waals surface area contributed by atoms with Crippen LogP contribution in [0.5, 0.6) is 0 Å². The molecule has 1 saturated heterocycles. The lowest BCUT2D eigenvalue weighted by Gasteiger charge is -2.32. The van der Waals surface area contributed by atoms with Gasteiger partial charge in [0.2, 0.25) is 0 Å². The van der Waals surface area contributed by atoms with E-state index in [9.17, 15) is 18.0 Å². The van der Waals surface area contributed by atoms with Crippen LogP contribution in [0, 0.1) is 5.92 Å². The minimum atomic E-state index is -4.51. The summed E-state index contributed by atoms with van der Waals surface area (Å²) in [6.45, 7) is 0.872. The van der Waals surface area contributed by atoms with E-state index >= 15 is 0 Å². The number of halogens is 4. The summed E-state index contributed by atoms with van der Waals surface area (Å²) in [5, 5.41) is 9.16. The first-order valence-electron chi connectivity index (χ1n) is 6.60. The van der Waals surface area contributed by atoms with Crippen molar-refractivity contribution in [3.05, 3.63) is 33.8 Å². The Labute approximate surface area is 128 Å². The smallest absolute Gasteiger partial charge is 0.396 e. The van der Waals surface area contributed by atoms with Crippen molar-refractivity contribution >= 4 is 21.8 Å². The van der Waals surface area contributed by atoms with Crippen LogP contribution in [0.25, 0.3) is 0 Å². The van der Waals surface area contributed by atoms with Crippen molar-refractivity contribution in [2.45, 2.75) is 19.0 Å². The Morgan fingerprint density at radius 3 is 2.76 bits per heavy atom. The van der Waals surface area contributed by atoms with E-state index in [1.807, 2.05) is 0 Å². The molecule has 1 aromatic carbocycles. The molecule has 116 valence electrons. The van der Waals surface area contributed by atoms with Gasteiger partial charge in [0.15, 0.2) is 0 Å². The van der Waals surface area contributed by atoms with Gasteiger partial charge < -0.3 is 10.0 Å². The van der Waals surface area contributed by atoms with Crippen molar-refractivity contribution in [3.63, 3.8) is 0 Å². The predicted octanol–water partition coefficient (Wildman–Crippen LogP) is 3.31. The molecule has 0 saturated carbocycles. The molecule has 1 heterocycles. The summed E-state index contributed by atoms with van der Waals surface area (Å²) in [7, 11) is 0. The summed E-state index contributed by atoms with van der Waals surface area (Å²) in [5.41, 5.74) is -0.840. The van der Waals surface area contributed by atoms with E-state index in [-0.39, 0.29) is 22.6 Å². The molecule has 7 heteroatoms. The van der Waals surface area contributed by atoms with E-state index in [1.54, 1.807) is 0 Å². The number of hydrogen-bond donors (Lipinski definition) is 1. The topological polar surface area (TPSA) is 40.5 Å². The molecule has 0 aliphatic carbocycles. The number of aliphatic hydroxyl groups excluding tert-OH is 1. The van der Waals surface area contributed by atoms with Crippen molar-refractivity contribution in [3.8, 4) is 0 Å². The third kappa shape index (κ3) is 3.77. The zero-order valence-electron chi connectivity index (χ0n) is 11.2. The van der Waals surface area contributed by atoms with Gasteiger partial charge in [-0.25, -0.2) is 0 Å². The lowest BCUT2D eigenvalue weighted by atomic mass is 9.98. The maximum Gasteiger partial charge on any atom is 0.417 e. The molecule has 1 N–H and O–H groups in total. The van der Waals surface area contributed by atoms with Crippen molar-refractivity contribution in [2.24, 2.45) is 5.92 Å². The highest BCUT2D eigenvalue weighted by atomic mass is 79.9. The largest absolute Gasteiger partial charge is 0.417 e. The molecule has 0 bridgehead atoms. The minimum absolute atomic E-state index is 0.000217. The molecule has 2 rings (SSSR count). The molecule has 0 aromatic heterocycles. The normalized spacial score (nSPS) is 19.7. The van der Waals surface area contributed by atoms with Gasteiger partial charge in [-0.1, -0.05) is 15.9 Å². The number of hydrogen-bond acceptors (Lipinski definition) is 2. The summed E-state index contributed by atoms with van der Waals surface area (Å²) in [6, 6.07) is 3.49. The van der Waals surface area contributed by atoms with E-state index in [0.717, 1.165) is 18.9 Å². The van der Waals surface area contributed by atoms with E-state index < -0.39 is 17.6 Å². The summed E-state index contributed by atoms with van der Waals surface area (Å²) in [4.78, 5) is 13.8. The van der Waals surface area contributed by atoms with E-state index in [2.05, 4.69) is 15.9 Å². The number of likely N-dealkylation sites (tertiary alicyclic amines) is 1. The summed E-state index contributed by atoms with van der Waals surface area (Å²) < 4.78 is 38.5. The fourth-order valence-electron chi connectivity index (χ4n) is 2.46. The number of alkyl halides is 3. The summed E-state index contributed by atoms with van der Waals surface area (Å²) >= 11 is 2.85. The Balaban J connectivity index is 2.23. The molecular formula is C14H15BrF3NO2. The van der Waals surface area contributed by atoms with Gasteiger partial charge in [0.05, 0.1) is 5.56 Å². The molecule has 1 aromatic rings. The number of benzene rings is 1. The second-order valence-corrected chi connectivity index (χ2v) is 5.99. The molecule has 1 aliphatic heterocycles. The number of piperidine rings is 1. The molecule has 21 heavy (non-hydrogen) atoms. The predicted molar refractivity (Wildman–Crippen MR) is 74.9 cm³/mol. The van der Waals surface area contributed by atoms with Gasteiger partial charge in [0.25, 0.3) is 5.91 Å². The van der Waals surface area contributed by atoms with E-state index in [1.165, 1.54) is 17.0 Å². The molecular weight excluding hydrogens is 351 g/mol. The average molecular weight is 366 g/mol. The monoisotopic (exact) mass is 365 g/mol. The van der Waals surface area contributed by atoms with Gasteiger partial charge in [-0.3, -0.25) is 4.79 Å². The van der Waals surface area contributed by atoms with Gasteiger partial charge in [-0.05, 0) is 37.0 Å². The number of carbonyl (C=O) groups is 1. The van der Waals surface area contributed by atoms with Gasteiger partial charge in [0, 0.05) is 29.7 Å². The highest BCUT2D eigenvalue weighted by Gasteiger charge is 2.34. The quantitative estimate of drug-likeness (QED) is 0.873. The van der Waals surface area contributed by atoms with E-state index in [0.29, 0.717) is 13.1 Å². The molecule has 1 fully saturated rings. The van der Waals surface area contributed by atoms with Crippen LogP contribution in [0.2, 0.25) is 0 Å². The Morgan fingerprint density at radius 2 is 2.14 bits per heavy atom. The van der Waals surface area contributed by atoms with Gasteiger partial charge in [0.1, 0.15) is 0 Å². The molecule has 0 radical (unpaired) electrons. The van der Waals surface area contributed by atoms with Crippen LogP contribution in [0.1, 0.15) is 28.8 Å². The van der Waals surface area contributed by atoms with Crippen molar-refractivity contribution in [1.29, 1.82) is 0 Å². The Morgan fingerprint density at radius 1 is 1.43 bits per heavy atom. The Hall–Kier alpha value is -1.08.